The summed E-state index contributed by atoms with van der Waals surface area (Å²) in [6, 6.07) is 15.5. The zero-order valence-corrected chi connectivity index (χ0v) is 17.8. The number of rotatable bonds is 5. The van der Waals surface area contributed by atoms with Gasteiger partial charge in [0.05, 0.1) is 27.2 Å². The van der Waals surface area contributed by atoms with Gasteiger partial charge in [-0.1, -0.05) is 29.8 Å². The Bertz CT molecular complexity index is 1470. The number of H-pyrrole nitrogens is 2. The number of benzene rings is 3. The molecule has 0 atom stereocenters. The number of imidazole rings is 1. The summed E-state index contributed by atoms with van der Waals surface area (Å²) in [5.74, 6) is -0.497. The number of nitrogens with one attached hydrogen (secondary N) is 4. The molecular weight excluding hydrogens is 440 g/mol. The fraction of sp³-hybridized carbons (Fsp3) is 0.0476. The van der Waals surface area contributed by atoms with E-state index in [-0.39, 0.29) is 16.1 Å². The molecule has 4 N–H and O–H groups in total. The quantitative estimate of drug-likeness (QED) is 0.364. The maximum absolute atomic E-state index is 12.9. The van der Waals surface area contributed by atoms with Crippen LogP contribution in [0, 0.1) is 6.92 Å². The minimum Gasteiger partial charge on any atom is -0.322 e. The molecule has 0 spiro atoms. The highest BCUT2D eigenvalue weighted by atomic mass is 35.5. The molecule has 4 aromatic rings. The normalized spacial score (nSPS) is 11.4. The van der Waals surface area contributed by atoms with Gasteiger partial charge in [0.15, 0.2) is 0 Å². The van der Waals surface area contributed by atoms with Crippen molar-refractivity contribution in [3.8, 4) is 0 Å². The molecule has 4 rings (SSSR count). The largest absolute Gasteiger partial charge is 0.323 e. The number of halogens is 1. The van der Waals surface area contributed by atoms with E-state index in [1.54, 1.807) is 30.3 Å². The summed E-state index contributed by atoms with van der Waals surface area (Å²) >= 11 is 6.11. The third-order valence-electron chi connectivity index (χ3n) is 4.64. The van der Waals surface area contributed by atoms with Gasteiger partial charge in [-0.2, -0.15) is 0 Å². The number of fused-ring (bicyclic) bond motifs is 1. The van der Waals surface area contributed by atoms with Crippen LogP contribution in [0.4, 0.5) is 11.4 Å². The molecule has 3 aromatic carbocycles. The van der Waals surface area contributed by atoms with Gasteiger partial charge in [-0.15, -0.1) is 0 Å². The van der Waals surface area contributed by atoms with Gasteiger partial charge in [-0.05, 0) is 55.0 Å². The highest BCUT2D eigenvalue weighted by Gasteiger charge is 2.19. The number of aromatic nitrogens is 2. The molecule has 0 unspecified atom stereocenters. The van der Waals surface area contributed by atoms with E-state index in [0.717, 1.165) is 5.56 Å². The summed E-state index contributed by atoms with van der Waals surface area (Å²) in [7, 11) is -4.02. The van der Waals surface area contributed by atoms with Crippen molar-refractivity contribution in [1.29, 1.82) is 0 Å². The van der Waals surface area contributed by atoms with E-state index in [2.05, 4.69) is 20.0 Å². The van der Waals surface area contributed by atoms with Crippen molar-refractivity contribution in [1.82, 2.24) is 9.97 Å². The Morgan fingerprint density at radius 1 is 0.968 bits per heavy atom. The van der Waals surface area contributed by atoms with Crippen LogP contribution in [0.1, 0.15) is 15.9 Å². The second-order valence-corrected chi connectivity index (χ2v) is 8.95. The fourth-order valence-corrected chi connectivity index (χ4v) is 4.31. The minimum absolute atomic E-state index is 0.0595. The van der Waals surface area contributed by atoms with Gasteiger partial charge in [-0.3, -0.25) is 9.52 Å². The molecule has 1 heterocycles. The molecule has 158 valence electrons. The zero-order chi connectivity index (χ0) is 22.2. The molecule has 0 saturated carbocycles. The lowest BCUT2D eigenvalue weighted by atomic mass is 10.1. The number of carbonyl (C=O) groups is 1. The van der Waals surface area contributed by atoms with Crippen LogP contribution in [0.2, 0.25) is 5.02 Å². The SMILES string of the molecule is Cc1ccc(NC(=O)c2ccccc2NS(=O)(=O)c2ccc3[nH]c(=O)[nH]c3c2)cc1Cl. The topological polar surface area (TPSA) is 124 Å². The van der Waals surface area contributed by atoms with Crippen LogP contribution in [0.15, 0.2) is 70.4 Å². The van der Waals surface area contributed by atoms with Gasteiger partial charge in [-0.25, -0.2) is 13.2 Å². The molecule has 0 radical (unpaired) electrons. The molecule has 0 fully saturated rings. The third kappa shape index (κ3) is 4.32. The molecule has 1 aromatic heterocycles. The predicted octanol–water partition coefficient (Wildman–Crippen LogP) is 3.87. The van der Waals surface area contributed by atoms with Crippen molar-refractivity contribution in [3.63, 3.8) is 0 Å². The van der Waals surface area contributed by atoms with Crippen LogP contribution < -0.4 is 15.7 Å². The lowest BCUT2D eigenvalue weighted by Crippen LogP contribution is -2.18. The van der Waals surface area contributed by atoms with Gasteiger partial charge in [0, 0.05) is 10.7 Å². The van der Waals surface area contributed by atoms with E-state index in [0.29, 0.717) is 21.7 Å². The monoisotopic (exact) mass is 456 g/mol. The predicted molar refractivity (Wildman–Crippen MR) is 120 cm³/mol. The van der Waals surface area contributed by atoms with Gasteiger partial charge >= 0.3 is 5.69 Å². The molecule has 0 aliphatic carbocycles. The number of aromatic amines is 2. The van der Waals surface area contributed by atoms with E-state index in [9.17, 15) is 18.0 Å². The smallest absolute Gasteiger partial charge is 0.322 e. The number of aryl methyl sites for hydroxylation is 1. The highest BCUT2D eigenvalue weighted by molar-refractivity contribution is 7.92. The first-order chi connectivity index (χ1) is 14.7. The molecule has 31 heavy (non-hydrogen) atoms. The summed E-state index contributed by atoms with van der Waals surface area (Å²) in [6.07, 6.45) is 0. The van der Waals surface area contributed by atoms with Gasteiger partial charge in [0.25, 0.3) is 15.9 Å². The van der Waals surface area contributed by atoms with Crippen LogP contribution in [0.25, 0.3) is 11.0 Å². The molecule has 0 aliphatic rings. The first kappa shape index (κ1) is 20.7. The number of carbonyl (C=O) groups excluding carboxylic acids is 1. The number of para-hydroxylation sites is 1. The Kier molecular flexibility index (Phi) is 5.30. The number of hydrogen-bond acceptors (Lipinski definition) is 4. The maximum atomic E-state index is 12.9. The van der Waals surface area contributed by atoms with E-state index in [1.165, 1.54) is 30.3 Å². The highest BCUT2D eigenvalue weighted by Crippen LogP contribution is 2.24. The Morgan fingerprint density at radius 3 is 2.48 bits per heavy atom. The summed E-state index contributed by atoms with van der Waals surface area (Å²) in [5.41, 5.74) is 2.01. The number of amides is 1. The van der Waals surface area contributed by atoms with Gasteiger partial charge < -0.3 is 15.3 Å². The minimum atomic E-state index is -4.02. The van der Waals surface area contributed by atoms with E-state index in [4.69, 9.17) is 11.6 Å². The molecule has 0 saturated heterocycles. The summed E-state index contributed by atoms with van der Waals surface area (Å²) in [5, 5.41) is 3.22. The van der Waals surface area contributed by atoms with Gasteiger partial charge in [0.2, 0.25) is 0 Å². The standard InChI is InChI=1S/C21H17ClN4O4S/c1-12-6-7-13(10-16(12)22)23-20(27)15-4-2-3-5-17(15)26-31(29,30)14-8-9-18-19(11-14)25-21(28)24-18/h2-11,26H,1H3,(H,23,27)(H2,24,25,28). The van der Waals surface area contributed by atoms with Crippen LogP contribution in [0.5, 0.6) is 0 Å². The Labute approximate surface area is 182 Å². The summed E-state index contributed by atoms with van der Waals surface area (Å²) in [6.45, 7) is 1.85. The Morgan fingerprint density at radius 2 is 1.71 bits per heavy atom. The van der Waals surface area contributed by atoms with Crippen molar-refractivity contribution >= 4 is 49.9 Å². The first-order valence-corrected chi connectivity index (χ1v) is 11.0. The lowest BCUT2D eigenvalue weighted by molar-refractivity contribution is 0.102. The van der Waals surface area contributed by atoms with Crippen molar-refractivity contribution in [2.75, 3.05) is 10.0 Å². The number of sulfonamides is 1. The van der Waals surface area contributed by atoms with Crippen molar-refractivity contribution in [2.45, 2.75) is 11.8 Å². The average Bonchev–Trinajstić information content (AvgIpc) is 3.10. The van der Waals surface area contributed by atoms with Crippen molar-refractivity contribution in [2.24, 2.45) is 0 Å². The Hall–Kier alpha value is -3.56. The molecule has 8 nitrogen and oxygen atoms in total. The molecule has 0 bridgehead atoms. The zero-order valence-electron chi connectivity index (χ0n) is 16.2. The second kappa shape index (κ2) is 7.93. The summed E-state index contributed by atoms with van der Waals surface area (Å²) < 4.78 is 28.3. The molecule has 1 amide bonds. The molecular formula is C21H17ClN4O4S. The van der Waals surface area contributed by atoms with Crippen LogP contribution in [0.3, 0.4) is 0 Å². The van der Waals surface area contributed by atoms with Crippen molar-refractivity contribution < 1.29 is 13.2 Å². The number of hydrogen-bond donors (Lipinski definition) is 4. The maximum Gasteiger partial charge on any atom is 0.323 e. The van der Waals surface area contributed by atoms with Crippen LogP contribution >= 0.6 is 11.6 Å². The van der Waals surface area contributed by atoms with E-state index < -0.39 is 21.6 Å². The van der Waals surface area contributed by atoms with Crippen LogP contribution in [-0.2, 0) is 10.0 Å². The summed E-state index contributed by atoms with van der Waals surface area (Å²) in [4.78, 5) is 29.2. The van der Waals surface area contributed by atoms with E-state index in [1.807, 2.05) is 6.92 Å². The van der Waals surface area contributed by atoms with Gasteiger partial charge in [0.1, 0.15) is 0 Å². The second-order valence-electron chi connectivity index (χ2n) is 6.86. The molecule has 0 aliphatic heterocycles. The lowest BCUT2D eigenvalue weighted by Gasteiger charge is -2.13. The van der Waals surface area contributed by atoms with Crippen LogP contribution in [-0.4, -0.2) is 24.3 Å². The average molecular weight is 457 g/mol. The fourth-order valence-electron chi connectivity index (χ4n) is 3.02. The molecule has 10 heteroatoms. The van der Waals surface area contributed by atoms with Crippen molar-refractivity contribution in [3.05, 3.63) is 87.3 Å². The first-order valence-electron chi connectivity index (χ1n) is 9.14. The van der Waals surface area contributed by atoms with E-state index >= 15 is 0 Å². The third-order valence-corrected chi connectivity index (χ3v) is 6.41. The number of anilines is 2. The Balaban J connectivity index is 1.63.